The van der Waals surface area contributed by atoms with Gasteiger partial charge in [-0.3, -0.25) is 19.4 Å². The summed E-state index contributed by atoms with van der Waals surface area (Å²) in [6, 6.07) is 16.6. The van der Waals surface area contributed by atoms with E-state index in [-0.39, 0.29) is 18.2 Å². The molecule has 2 amide bonds. The zero-order chi connectivity index (χ0) is 29.6. The molecule has 0 radical (unpaired) electrons. The van der Waals surface area contributed by atoms with Crippen molar-refractivity contribution in [2.24, 2.45) is 0 Å². The predicted molar refractivity (Wildman–Crippen MR) is 164 cm³/mol. The maximum absolute atomic E-state index is 13.6. The van der Waals surface area contributed by atoms with E-state index in [0.717, 1.165) is 38.3 Å². The molecule has 11 heteroatoms. The molecule has 3 aromatic rings. The molecule has 1 aromatic heterocycles. The fourth-order valence-corrected chi connectivity index (χ4v) is 5.60. The normalized spacial score (nSPS) is 18.0. The lowest BCUT2D eigenvalue weighted by molar-refractivity contribution is -0.124. The van der Waals surface area contributed by atoms with E-state index in [4.69, 9.17) is 17.0 Å². The van der Waals surface area contributed by atoms with Crippen molar-refractivity contribution < 1.29 is 18.7 Å². The van der Waals surface area contributed by atoms with Crippen LogP contribution in [-0.4, -0.2) is 89.5 Å². The summed E-state index contributed by atoms with van der Waals surface area (Å²) in [4.78, 5) is 38.8. The summed E-state index contributed by atoms with van der Waals surface area (Å²) in [7, 11) is 3.69. The van der Waals surface area contributed by atoms with E-state index in [1.54, 1.807) is 17.0 Å². The smallest absolute Gasteiger partial charge is 0.256 e. The van der Waals surface area contributed by atoms with Crippen molar-refractivity contribution in [1.82, 2.24) is 19.7 Å². The van der Waals surface area contributed by atoms with Gasteiger partial charge >= 0.3 is 0 Å². The number of nitrogens with one attached hydrogen (secondary N) is 1. The first-order chi connectivity index (χ1) is 20.3. The van der Waals surface area contributed by atoms with Gasteiger partial charge < -0.3 is 19.9 Å². The average Bonchev–Trinajstić information content (AvgIpc) is 3.22. The second-order valence-corrected chi connectivity index (χ2v) is 11.0. The van der Waals surface area contributed by atoms with Gasteiger partial charge in [0, 0.05) is 39.3 Å². The molecular formula is C31H35FN6O3S. The van der Waals surface area contributed by atoms with Crippen molar-refractivity contribution in [1.29, 1.82) is 0 Å². The number of likely N-dealkylation sites (N-methyl/N-ethyl adjacent to an activating group) is 1. The Hall–Kier alpha value is -3.93. The number of rotatable bonds is 10. The molecular weight excluding hydrogens is 555 g/mol. The number of anilines is 2. The van der Waals surface area contributed by atoms with Crippen LogP contribution in [0.25, 0.3) is 0 Å². The first kappa shape index (κ1) is 29.6. The van der Waals surface area contributed by atoms with Crippen LogP contribution in [0.3, 0.4) is 0 Å². The monoisotopic (exact) mass is 590 g/mol. The minimum atomic E-state index is -0.808. The topological polar surface area (TPSA) is 81.2 Å². The highest BCUT2D eigenvalue weighted by Crippen LogP contribution is 2.28. The third kappa shape index (κ3) is 7.10. The van der Waals surface area contributed by atoms with Crippen LogP contribution in [0.2, 0.25) is 0 Å². The lowest BCUT2D eigenvalue weighted by Crippen LogP contribution is -2.43. The number of nitrogens with zero attached hydrogens (tertiary/aromatic N) is 5. The first-order valence-electron chi connectivity index (χ1n) is 14.0. The maximum atomic E-state index is 13.6. The number of hydrogen-bond donors (Lipinski definition) is 1. The van der Waals surface area contributed by atoms with Crippen LogP contribution < -0.4 is 15.0 Å². The minimum absolute atomic E-state index is 0.117. The van der Waals surface area contributed by atoms with E-state index in [0.29, 0.717) is 35.3 Å². The third-order valence-corrected chi connectivity index (χ3v) is 8.11. The highest BCUT2D eigenvalue weighted by molar-refractivity contribution is 7.80. The van der Waals surface area contributed by atoms with Crippen LogP contribution in [0.5, 0.6) is 5.75 Å². The maximum Gasteiger partial charge on any atom is 0.256 e. The van der Waals surface area contributed by atoms with E-state index in [2.05, 4.69) is 51.4 Å². The summed E-state index contributed by atoms with van der Waals surface area (Å²) in [6.07, 6.45) is 2.02. The van der Waals surface area contributed by atoms with Crippen LogP contribution in [0, 0.1) is 5.82 Å². The van der Waals surface area contributed by atoms with Crippen molar-refractivity contribution in [3.8, 4) is 5.75 Å². The van der Waals surface area contributed by atoms with Gasteiger partial charge in [-0.15, -0.1) is 0 Å². The molecule has 2 fully saturated rings. The molecule has 42 heavy (non-hydrogen) atoms. The van der Waals surface area contributed by atoms with Gasteiger partial charge in [0.05, 0.1) is 25.4 Å². The number of amides is 2. The molecule has 0 spiro atoms. The summed E-state index contributed by atoms with van der Waals surface area (Å²) >= 11 is 5.75. The highest BCUT2D eigenvalue weighted by Gasteiger charge is 2.44. The zero-order valence-corrected chi connectivity index (χ0v) is 24.6. The van der Waals surface area contributed by atoms with Crippen molar-refractivity contribution in [3.05, 3.63) is 83.8 Å². The van der Waals surface area contributed by atoms with Gasteiger partial charge in [-0.25, -0.2) is 9.37 Å². The molecule has 0 bridgehead atoms. The number of hydrogen-bond acceptors (Lipinski definition) is 7. The molecule has 3 heterocycles. The standard InChI is InChI=1S/C31H35FN6O3S/c1-35-15-17-36(18-16-35)21-23-5-3-22(4-6-23)13-14-37-27(19-29(39)34-28-12-11-26(41-2)20-33-28)30(40)38(31(37)42)25-9-7-24(32)8-10-25/h3-12,20,27H,13-19,21H2,1-2H3,(H,33,34,39). The Labute approximate surface area is 250 Å². The van der Waals surface area contributed by atoms with Crippen LogP contribution in [-0.2, 0) is 22.6 Å². The molecule has 2 aliphatic rings. The number of benzene rings is 2. The molecule has 1 unspecified atom stereocenters. The Morgan fingerprint density at radius 3 is 2.36 bits per heavy atom. The SMILES string of the molecule is COc1ccc(NC(=O)CC2C(=O)N(c3ccc(F)cc3)C(=S)N2CCc2ccc(CN3CCN(C)CC3)cc2)nc1. The zero-order valence-electron chi connectivity index (χ0n) is 23.8. The van der Waals surface area contributed by atoms with Crippen molar-refractivity contribution >= 4 is 40.6 Å². The van der Waals surface area contributed by atoms with Crippen LogP contribution in [0.1, 0.15) is 17.5 Å². The summed E-state index contributed by atoms with van der Waals surface area (Å²) < 4.78 is 18.7. The number of pyridine rings is 1. The molecule has 0 aliphatic carbocycles. The lowest BCUT2D eigenvalue weighted by Gasteiger charge is -2.32. The summed E-state index contributed by atoms with van der Waals surface area (Å²) in [5.41, 5.74) is 2.84. The van der Waals surface area contributed by atoms with E-state index in [1.165, 1.54) is 48.0 Å². The van der Waals surface area contributed by atoms with Crippen molar-refractivity contribution in [2.75, 3.05) is 57.1 Å². The van der Waals surface area contributed by atoms with Gasteiger partial charge in [0.2, 0.25) is 5.91 Å². The van der Waals surface area contributed by atoms with Gasteiger partial charge in [-0.1, -0.05) is 24.3 Å². The van der Waals surface area contributed by atoms with E-state index >= 15 is 0 Å². The van der Waals surface area contributed by atoms with Gasteiger partial charge in [0.15, 0.2) is 5.11 Å². The number of ether oxygens (including phenoxy) is 1. The minimum Gasteiger partial charge on any atom is -0.495 e. The molecule has 1 atom stereocenters. The Morgan fingerprint density at radius 2 is 1.71 bits per heavy atom. The Morgan fingerprint density at radius 1 is 1.02 bits per heavy atom. The van der Waals surface area contributed by atoms with Crippen LogP contribution in [0.15, 0.2) is 66.9 Å². The Kier molecular flexibility index (Phi) is 9.41. The number of thiocarbonyl (C=S) groups is 1. The van der Waals surface area contributed by atoms with Gasteiger partial charge in [-0.2, -0.15) is 0 Å². The van der Waals surface area contributed by atoms with Crippen LogP contribution >= 0.6 is 12.2 Å². The number of methoxy groups -OCH3 is 1. The molecule has 0 saturated carbocycles. The fourth-order valence-electron chi connectivity index (χ4n) is 5.18. The highest BCUT2D eigenvalue weighted by atomic mass is 32.1. The van der Waals surface area contributed by atoms with E-state index in [9.17, 15) is 14.0 Å². The average molecular weight is 591 g/mol. The Bertz CT molecular complexity index is 1400. The number of carbonyl (C=O) groups excluding carboxylic acids is 2. The van der Waals surface area contributed by atoms with Gasteiger partial charge in [-0.05, 0) is 73.2 Å². The van der Waals surface area contributed by atoms with Crippen molar-refractivity contribution in [3.63, 3.8) is 0 Å². The molecule has 220 valence electrons. The second kappa shape index (κ2) is 13.4. The Balaban J connectivity index is 1.27. The molecule has 2 aromatic carbocycles. The number of aromatic nitrogens is 1. The molecule has 1 N–H and O–H groups in total. The molecule has 2 aliphatic heterocycles. The summed E-state index contributed by atoms with van der Waals surface area (Å²) in [6.45, 7) is 5.65. The molecule has 5 rings (SSSR count). The number of carbonyl (C=O) groups is 2. The predicted octanol–water partition coefficient (Wildman–Crippen LogP) is 3.55. The lowest BCUT2D eigenvalue weighted by atomic mass is 10.1. The third-order valence-electron chi connectivity index (χ3n) is 7.69. The molecule has 2 saturated heterocycles. The summed E-state index contributed by atoms with van der Waals surface area (Å²) in [5, 5.41) is 3.04. The number of halogens is 1. The first-order valence-corrected chi connectivity index (χ1v) is 14.4. The van der Waals surface area contributed by atoms with Crippen LogP contribution in [0.4, 0.5) is 15.9 Å². The molecule has 9 nitrogen and oxygen atoms in total. The van der Waals surface area contributed by atoms with Crippen molar-refractivity contribution in [2.45, 2.75) is 25.4 Å². The largest absolute Gasteiger partial charge is 0.495 e. The summed E-state index contributed by atoms with van der Waals surface area (Å²) in [5.74, 6) is -0.183. The quantitative estimate of drug-likeness (QED) is 0.359. The van der Waals surface area contributed by atoms with Gasteiger partial charge in [0.25, 0.3) is 5.91 Å². The number of piperazine rings is 1. The van der Waals surface area contributed by atoms with Gasteiger partial charge in [0.1, 0.15) is 23.4 Å². The van der Waals surface area contributed by atoms with E-state index in [1.807, 2.05) is 0 Å². The second-order valence-electron chi connectivity index (χ2n) is 10.6. The fraction of sp³-hybridized carbons (Fsp3) is 0.355. The van der Waals surface area contributed by atoms with E-state index < -0.39 is 11.9 Å².